The van der Waals surface area contributed by atoms with E-state index in [1.807, 2.05) is 0 Å². The van der Waals surface area contributed by atoms with Crippen LogP contribution >= 0.6 is 11.6 Å². The summed E-state index contributed by atoms with van der Waals surface area (Å²) in [5.41, 5.74) is 1.23. The van der Waals surface area contributed by atoms with Crippen molar-refractivity contribution in [3.05, 3.63) is 11.6 Å². The van der Waals surface area contributed by atoms with Crippen molar-refractivity contribution in [1.29, 1.82) is 0 Å². The van der Waals surface area contributed by atoms with Gasteiger partial charge >= 0.3 is 0 Å². The van der Waals surface area contributed by atoms with Crippen molar-refractivity contribution in [2.45, 2.75) is 65.2 Å². The molecule has 0 aliphatic rings. The molecule has 0 spiro atoms. The van der Waals surface area contributed by atoms with Crippen LogP contribution in [0.2, 0.25) is 0 Å². The summed E-state index contributed by atoms with van der Waals surface area (Å²) in [7, 11) is 0. The lowest BCUT2D eigenvalue weighted by atomic mass is 10.0. The highest BCUT2D eigenvalue weighted by Gasteiger charge is 2.00. The first-order valence-electron chi connectivity index (χ1n) is 6.09. The molecule has 0 aromatic rings. The van der Waals surface area contributed by atoms with Crippen LogP contribution in [-0.4, -0.2) is 5.24 Å². The summed E-state index contributed by atoms with van der Waals surface area (Å²) in [6, 6.07) is 0. The quantitative estimate of drug-likeness (QED) is 0.315. The van der Waals surface area contributed by atoms with E-state index in [4.69, 9.17) is 11.6 Å². The van der Waals surface area contributed by atoms with Crippen LogP contribution < -0.4 is 0 Å². The molecule has 0 bridgehead atoms. The largest absolute Gasteiger partial charge is 0.276 e. The molecule has 0 radical (unpaired) electrons. The lowest BCUT2D eigenvalue weighted by Gasteiger charge is -2.05. The first-order valence-corrected chi connectivity index (χ1v) is 6.47. The van der Waals surface area contributed by atoms with E-state index in [-0.39, 0.29) is 5.24 Å². The summed E-state index contributed by atoms with van der Waals surface area (Å²) in [4.78, 5) is 10.8. The monoisotopic (exact) mass is 230 g/mol. The maximum absolute atomic E-state index is 10.8. The number of rotatable bonds is 9. The molecular weight excluding hydrogens is 208 g/mol. The molecule has 0 saturated carbocycles. The van der Waals surface area contributed by atoms with Crippen molar-refractivity contribution >= 4 is 16.8 Å². The van der Waals surface area contributed by atoms with Crippen LogP contribution in [0.25, 0.3) is 0 Å². The highest BCUT2D eigenvalue weighted by molar-refractivity contribution is 6.66. The van der Waals surface area contributed by atoms with Gasteiger partial charge in [-0.05, 0) is 43.4 Å². The predicted molar refractivity (Wildman–Crippen MR) is 67.2 cm³/mol. The molecule has 0 heterocycles. The fourth-order valence-electron chi connectivity index (χ4n) is 1.61. The zero-order chi connectivity index (χ0) is 11.5. The van der Waals surface area contributed by atoms with Gasteiger partial charge < -0.3 is 0 Å². The Bertz CT molecular complexity index is 197. The van der Waals surface area contributed by atoms with Crippen LogP contribution in [0.15, 0.2) is 11.6 Å². The molecule has 0 aliphatic carbocycles. The summed E-state index contributed by atoms with van der Waals surface area (Å²) >= 11 is 5.38. The molecule has 0 rings (SSSR count). The van der Waals surface area contributed by atoms with Crippen molar-refractivity contribution < 1.29 is 4.79 Å². The molecule has 0 amide bonds. The van der Waals surface area contributed by atoms with E-state index in [9.17, 15) is 4.79 Å². The standard InChI is InChI=1S/C13H23ClO/c1-3-5-7-8-10-12(9-6-4-2)11-13(14)15/h11H,3-10H2,1-2H3/b12-11+. The second-order valence-corrected chi connectivity index (χ2v) is 4.39. The zero-order valence-electron chi connectivity index (χ0n) is 10.0. The van der Waals surface area contributed by atoms with Gasteiger partial charge in [-0.2, -0.15) is 0 Å². The first-order chi connectivity index (χ1) is 7.20. The minimum atomic E-state index is -0.323. The maximum atomic E-state index is 10.8. The van der Waals surface area contributed by atoms with Gasteiger partial charge in [0.1, 0.15) is 0 Å². The van der Waals surface area contributed by atoms with E-state index < -0.39 is 0 Å². The Balaban J connectivity index is 3.85. The highest BCUT2D eigenvalue weighted by atomic mass is 35.5. The number of allylic oxidation sites excluding steroid dienone is 2. The molecule has 0 fully saturated rings. The van der Waals surface area contributed by atoms with E-state index in [2.05, 4.69) is 13.8 Å². The lowest BCUT2D eigenvalue weighted by molar-refractivity contribution is -0.107. The van der Waals surface area contributed by atoms with Gasteiger partial charge in [0.15, 0.2) is 0 Å². The molecule has 0 unspecified atom stereocenters. The van der Waals surface area contributed by atoms with Gasteiger partial charge in [0.2, 0.25) is 5.24 Å². The molecule has 0 N–H and O–H groups in total. The minimum Gasteiger partial charge on any atom is -0.276 e. The lowest BCUT2D eigenvalue weighted by Crippen LogP contribution is -1.90. The molecular formula is C13H23ClO. The molecule has 0 aliphatic heterocycles. The second-order valence-electron chi connectivity index (χ2n) is 4.02. The Hall–Kier alpha value is -0.300. The second kappa shape index (κ2) is 10.2. The fourth-order valence-corrected chi connectivity index (χ4v) is 1.77. The Morgan fingerprint density at radius 1 is 1.00 bits per heavy atom. The normalized spacial score (nSPS) is 11.8. The van der Waals surface area contributed by atoms with E-state index >= 15 is 0 Å². The van der Waals surface area contributed by atoms with Gasteiger partial charge in [0, 0.05) is 0 Å². The summed E-state index contributed by atoms with van der Waals surface area (Å²) in [6.07, 6.45) is 11.0. The van der Waals surface area contributed by atoms with Crippen LogP contribution in [-0.2, 0) is 4.79 Å². The fraction of sp³-hybridized carbons (Fsp3) is 0.769. The topological polar surface area (TPSA) is 17.1 Å². The summed E-state index contributed by atoms with van der Waals surface area (Å²) in [5, 5.41) is -0.323. The van der Waals surface area contributed by atoms with Crippen LogP contribution in [0.4, 0.5) is 0 Å². The first kappa shape index (κ1) is 14.7. The molecule has 0 aromatic carbocycles. The van der Waals surface area contributed by atoms with Crippen molar-refractivity contribution in [2.24, 2.45) is 0 Å². The van der Waals surface area contributed by atoms with Crippen molar-refractivity contribution in [2.75, 3.05) is 0 Å². The highest BCUT2D eigenvalue weighted by Crippen LogP contribution is 2.16. The predicted octanol–water partition coefficient (Wildman–Crippen LogP) is 4.84. The van der Waals surface area contributed by atoms with Crippen LogP contribution in [0, 0.1) is 0 Å². The molecule has 15 heavy (non-hydrogen) atoms. The van der Waals surface area contributed by atoms with Gasteiger partial charge in [-0.3, -0.25) is 4.79 Å². The van der Waals surface area contributed by atoms with Gasteiger partial charge in [0.05, 0.1) is 0 Å². The number of carbonyl (C=O) groups is 1. The number of hydrogen-bond acceptors (Lipinski definition) is 1. The summed E-state index contributed by atoms with van der Waals surface area (Å²) in [5.74, 6) is 0. The molecule has 0 saturated heterocycles. The number of hydrogen-bond donors (Lipinski definition) is 0. The maximum Gasteiger partial charge on any atom is 0.245 e. The SMILES string of the molecule is CCCCCC/C(=C/C(=O)Cl)CCCC. The average molecular weight is 231 g/mol. The van der Waals surface area contributed by atoms with Gasteiger partial charge in [-0.15, -0.1) is 0 Å². The summed E-state index contributed by atoms with van der Waals surface area (Å²) < 4.78 is 0. The third-order valence-electron chi connectivity index (χ3n) is 2.52. The van der Waals surface area contributed by atoms with E-state index in [0.29, 0.717) is 0 Å². The van der Waals surface area contributed by atoms with Gasteiger partial charge in [0.25, 0.3) is 0 Å². The number of unbranched alkanes of at least 4 members (excludes halogenated alkanes) is 4. The molecule has 0 aromatic heterocycles. The average Bonchev–Trinajstić information content (AvgIpc) is 2.19. The van der Waals surface area contributed by atoms with Crippen LogP contribution in [0.3, 0.4) is 0 Å². The van der Waals surface area contributed by atoms with E-state index in [0.717, 1.165) is 19.3 Å². The van der Waals surface area contributed by atoms with Gasteiger partial charge in [-0.1, -0.05) is 45.1 Å². The smallest absolute Gasteiger partial charge is 0.245 e. The van der Waals surface area contributed by atoms with Crippen LogP contribution in [0.1, 0.15) is 65.2 Å². The third kappa shape index (κ3) is 9.99. The Morgan fingerprint density at radius 2 is 1.60 bits per heavy atom. The van der Waals surface area contributed by atoms with E-state index in [1.165, 1.54) is 37.7 Å². The zero-order valence-corrected chi connectivity index (χ0v) is 10.8. The van der Waals surface area contributed by atoms with Crippen LogP contribution in [0.5, 0.6) is 0 Å². The molecule has 2 heteroatoms. The van der Waals surface area contributed by atoms with Crippen molar-refractivity contribution in [3.8, 4) is 0 Å². The van der Waals surface area contributed by atoms with E-state index in [1.54, 1.807) is 6.08 Å². The molecule has 0 atom stereocenters. The van der Waals surface area contributed by atoms with Crippen molar-refractivity contribution in [3.63, 3.8) is 0 Å². The van der Waals surface area contributed by atoms with Gasteiger partial charge in [-0.25, -0.2) is 0 Å². The minimum absolute atomic E-state index is 0.323. The Kier molecular flexibility index (Phi) is 10.0. The number of halogens is 1. The number of carbonyl (C=O) groups excluding carboxylic acids is 1. The van der Waals surface area contributed by atoms with Crippen molar-refractivity contribution in [1.82, 2.24) is 0 Å². The molecule has 88 valence electrons. The third-order valence-corrected chi connectivity index (χ3v) is 2.63. The Labute approximate surface area is 98.9 Å². The Morgan fingerprint density at radius 3 is 2.13 bits per heavy atom. The molecule has 1 nitrogen and oxygen atoms in total. The summed E-state index contributed by atoms with van der Waals surface area (Å²) in [6.45, 7) is 4.37.